The minimum Gasteiger partial charge on any atom is -0.352 e. The Morgan fingerprint density at radius 3 is 2.44 bits per heavy atom. The molecule has 1 N–H and O–H groups in total. The summed E-state index contributed by atoms with van der Waals surface area (Å²) < 4.78 is 26.9. The Hall–Kier alpha value is -1.44. The van der Waals surface area contributed by atoms with E-state index in [-0.39, 0.29) is 10.8 Å². The van der Waals surface area contributed by atoms with Gasteiger partial charge in [-0.3, -0.25) is 4.79 Å². The van der Waals surface area contributed by atoms with E-state index in [1.165, 1.54) is 23.2 Å². The first kappa shape index (κ1) is 21.9. The van der Waals surface area contributed by atoms with E-state index in [9.17, 15) is 13.2 Å². The highest BCUT2D eigenvalue weighted by atomic mass is 32.2. The Bertz CT molecular complexity index is 739. The van der Waals surface area contributed by atoms with Gasteiger partial charge in [0.15, 0.2) is 0 Å². The first-order valence-corrected chi connectivity index (χ1v) is 11.3. The molecule has 2 rings (SSSR count). The Labute approximate surface area is 164 Å². The molecule has 0 aromatic heterocycles. The smallest absolute Gasteiger partial charge is 0.251 e. The summed E-state index contributed by atoms with van der Waals surface area (Å²) in [6.07, 6.45) is 2.51. The number of hydrogen-bond acceptors (Lipinski definition) is 4. The van der Waals surface area contributed by atoms with Crippen LogP contribution in [0.15, 0.2) is 23.1 Å². The molecule has 27 heavy (non-hydrogen) atoms. The predicted octanol–water partition coefficient (Wildman–Crippen LogP) is 2.49. The fraction of sp³-hybridized carbons (Fsp3) is 0.650. The number of likely N-dealkylation sites (tertiary alicyclic amines) is 1. The predicted molar refractivity (Wildman–Crippen MR) is 108 cm³/mol. The second-order valence-corrected chi connectivity index (χ2v) is 9.33. The lowest BCUT2D eigenvalue weighted by Gasteiger charge is -2.21. The maximum absolute atomic E-state index is 12.7. The van der Waals surface area contributed by atoms with Gasteiger partial charge in [-0.1, -0.05) is 26.8 Å². The van der Waals surface area contributed by atoms with Crippen molar-refractivity contribution >= 4 is 15.9 Å². The van der Waals surface area contributed by atoms with Gasteiger partial charge in [-0.2, -0.15) is 4.31 Å². The fourth-order valence-corrected chi connectivity index (χ4v) is 5.04. The van der Waals surface area contributed by atoms with Gasteiger partial charge in [-0.15, -0.1) is 0 Å². The molecule has 0 bridgehead atoms. The highest BCUT2D eigenvalue weighted by Gasteiger charge is 2.23. The summed E-state index contributed by atoms with van der Waals surface area (Å²) in [6.45, 7) is 12.2. The normalized spacial score (nSPS) is 16.6. The van der Waals surface area contributed by atoms with Gasteiger partial charge in [0.05, 0.1) is 4.90 Å². The van der Waals surface area contributed by atoms with Crippen molar-refractivity contribution in [1.82, 2.24) is 14.5 Å². The second kappa shape index (κ2) is 9.66. The number of sulfonamides is 1. The fourth-order valence-electron chi connectivity index (χ4n) is 3.55. The lowest BCUT2D eigenvalue weighted by Crippen LogP contribution is -2.35. The molecule has 6 nitrogen and oxygen atoms in total. The van der Waals surface area contributed by atoms with Crippen LogP contribution in [0.3, 0.4) is 0 Å². The van der Waals surface area contributed by atoms with E-state index in [1.54, 1.807) is 12.1 Å². The van der Waals surface area contributed by atoms with E-state index in [0.717, 1.165) is 25.2 Å². The molecule has 1 heterocycles. The van der Waals surface area contributed by atoms with Gasteiger partial charge in [0.2, 0.25) is 10.0 Å². The molecule has 1 aromatic carbocycles. The lowest BCUT2D eigenvalue weighted by atomic mass is 10.1. The molecule has 1 atom stereocenters. The van der Waals surface area contributed by atoms with Crippen molar-refractivity contribution in [3.8, 4) is 0 Å². The topological polar surface area (TPSA) is 69.7 Å². The number of rotatable bonds is 9. The molecule has 0 radical (unpaired) electrons. The molecule has 1 unspecified atom stereocenters. The molecule has 0 saturated carbocycles. The van der Waals surface area contributed by atoms with Crippen LogP contribution in [0.5, 0.6) is 0 Å². The van der Waals surface area contributed by atoms with Crippen LogP contribution in [0.4, 0.5) is 0 Å². The standard InChI is InChI=1S/C20H33N3O3S/c1-5-23(6-2)27(25,26)18-10-9-17(4)19(13-18)20(24)21-14-16(3)15-22-11-7-8-12-22/h9-10,13,16H,5-8,11-12,14-15H2,1-4H3,(H,21,24). The largest absolute Gasteiger partial charge is 0.352 e. The van der Waals surface area contributed by atoms with Crippen molar-refractivity contribution in [2.45, 2.75) is 45.4 Å². The third kappa shape index (κ3) is 5.53. The number of hydrogen-bond donors (Lipinski definition) is 1. The molecular weight excluding hydrogens is 362 g/mol. The van der Waals surface area contributed by atoms with Crippen LogP contribution in [-0.4, -0.2) is 62.8 Å². The van der Waals surface area contributed by atoms with Crippen LogP contribution in [0.2, 0.25) is 0 Å². The molecule has 1 amide bonds. The Morgan fingerprint density at radius 1 is 1.22 bits per heavy atom. The number of amides is 1. The van der Waals surface area contributed by atoms with E-state index in [0.29, 0.717) is 31.1 Å². The number of carbonyl (C=O) groups is 1. The van der Waals surface area contributed by atoms with Crippen molar-refractivity contribution in [3.63, 3.8) is 0 Å². The number of carbonyl (C=O) groups excluding carboxylic acids is 1. The van der Waals surface area contributed by atoms with Gasteiger partial charge in [0, 0.05) is 31.7 Å². The molecule has 0 spiro atoms. The molecule has 1 saturated heterocycles. The molecule has 1 fully saturated rings. The number of nitrogens with zero attached hydrogens (tertiary/aromatic N) is 2. The highest BCUT2D eigenvalue weighted by molar-refractivity contribution is 7.89. The van der Waals surface area contributed by atoms with Gasteiger partial charge < -0.3 is 10.2 Å². The zero-order chi connectivity index (χ0) is 20.0. The molecule has 0 aliphatic carbocycles. The van der Waals surface area contributed by atoms with E-state index < -0.39 is 10.0 Å². The molecule has 1 aliphatic heterocycles. The summed E-state index contributed by atoms with van der Waals surface area (Å²) in [5.41, 5.74) is 1.20. The van der Waals surface area contributed by atoms with Crippen molar-refractivity contribution in [2.24, 2.45) is 5.92 Å². The van der Waals surface area contributed by atoms with Gasteiger partial charge in [-0.05, 0) is 56.5 Å². The maximum atomic E-state index is 12.7. The third-order valence-electron chi connectivity index (χ3n) is 5.18. The second-order valence-electron chi connectivity index (χ2n) is 7.39. The van der Waals surface area contributed by atoms with Crippen LogP contribution in [0, 0.1) is 12.8 Å². The van der Waals surface area contributed by atoms with E-state index in [1.807, 2.05) is 20.8 Å². The Kier molecular flexibility index (Phi) is 7.82. The van der Waals surface area contributed by atoms with Crippen LogP contribution < -0.4 is 5.32 Å². The van der Waals surface area contributed by atoms with Gasteiger partial charge in [0.25, 0.3) is 5.91 Å². The first-order chi connectivity index (χ1) is 12.8. The van der Waals surface area contributed by atoms with Gasteiger partial charge >= 0.3 is 0 Å². The monoisotopic (exact) mass is 395 g/mol. The van der Waals surface area contributed by atoms with Crippen LogP contribution >= 0.6 is 0 Å². The Morgan fingerprint density at radius 2 is 1.85 bits per heavy atom. The SMILES string of the molecule is CCN(CC)S(=O)(=O)c1ccc(C)c(C(=O)NCC(C)CN2CCCC2)c1. The van der Waals surface area contributed by atoms with Crippen LogP contribution in [0.1, 0.15) is 49.5 Å². The van der Waals surface area contributed by atoms with Crippen LogP contribution in [-0.2, 0) is 10.0 Å². The molecule has 152 valence electrons. The van der Waals surface area contributed by atoms with Crippen molar-refractivity contribution in [1.29, 1.82) is 0 Å². The van der Waals surface area contributed by atoms with Gasteiger partial charge in [-0.25, -0.2) is 8.42 Å². The number of aryl methyl sites for hydroxylation is 1. The summed E-state index contributed by atoms with van der Waals surface area (Å²) in [7, 11) is -3.57. The van der Waals surface area contributed by atoms with E-state index in [4.69, 9.17) is 0 Å². The minimum absolute atomic E-state index is 0.173. The zero-order valence-electron chi connectivity index (χ0n) is 17.0. The Balaban J connectivity index is 2.07. The highest BCUT2D eigenvalue weighted by Crippen LogP contribution is 2.20. The molecule has 1 aromatic rings. The first-order valence-electron chi connectivity index (χ1n) is 9.90. The lowest BCUT2D eigenvalue weighted by molar-refractivity contribution is 0.0944. The molecular formula is C20H33N3O3S. The van der Waals surface area contributed by atoms with E-state index in [2.05, 4.69) is 17.1 Å². The number of nitrogens with one attached hydrogen (secondary N) is 1. The number of benzene rings is 1. The average molecular weight is 396 g/mol. The molecule has 1 aliphatic rings. The van der Waals surface area contributed by atoms with Gasteiger partial charge in [0.1, 0.15) is 0 Å². The minimum atomic E-state index is -3.57. The summed E-state index contributed by atoms with van der Waals surface area (Å²) >= 11 is 0. The summed E-state index contributed by atoms with van der Waals surface area (Å²) in [5, 5.41) is 2.98. The summed E-state index contributed by atoms with van der Waals surface area (Å²) in [5.74, 6) is 0.146. The zero-order valence-corrected chi connectivity index (χ0v) is 17.8. The summed E-state index contributed by atoms with van der Waals surface area (Å²) in [6, 6.07) is 4.79. The van der Waals surface area contributed by atoms with Crippen molar-refractivity contribution in [2.75, 3.05) is 39.3 Å². The molecule has 7 heteroatoms. The van der Waals surface area contributed by atoms with Crippen LogP contribution in [0.25, 0.3) is 0 Å². The van der Waals surface area contributed by atoms with Crippen molar-refractivity contribution < 1.29 is 13.2 Å². The summed E-state index contributed by atoms with van der Waals surface area (Å²) in [4.78, 5) is 15.3. The third-order valence-corrected chi connectivity index (χ3v) is 7.22. The van der Waals surface area contributed by atoms with Crippen molar-refractivity contribution in [3.05, 3.63) is 29.3 Å². The average Bonchev–Trinajstić information content (AvgIpc) is 3.13. The van der Waals surface area contributed by atoms with E-state index >= 15 is 0 Å². The quantitative estimate of drug-likeness (QED) is 0.697. The maximum Gasteiger partial charge on any atom is 0.251 e.